The first-order valence-corrected chi connectivity index (χ1v) is 7.75. The standard InChI is InChI=1S/C16H32O2/c1-4-6-8-10-12-16(3,15(18)14-17)13-11-9-7-5-2/h17H,4-14H2,1-3H3. The summed E-state index contributed by atoms with van der Waals surface area (Å²) in [5, 5.41) is 9.13. The molecule has 0 aromatic rings. The normalized spacial score (nSPS) is 11.8. The van der Waals surface area contributed by atoms with Gasteiger partial charge in [0.15, 0.2) is 5.78 Å². The zero-order valence-electron chi connectivity index (χ0n) is 12.6. The van der Waals surface area contributed by atoms with Crippen molar-refractivity contribution in [2.24, 2.45) is 5.41 Å². The molecule has 0 aliphatic heterocycles. The van der Waals surface area contributed by atoms with Crippen LogP contribution in [0, 0.1) is 5.41 Å². The number of hydrogen-bond acceptors (Lipinski definition) is 2. The van der Waals surface area contributed by atoms with Crippen molar-refractivity contribution in [3.05, 3.63) is 0 Å². The molecule has 0 aromatic carbocycles. The zero-order valence-corrected chi connectivity index (χ0v) is 12.6. The molecule has 1 N–H and O–H groups in total. The molecule has 0 spiro atoms. The van der Waals surface area contributed by atoms with Crippen LogP contribution in [0.2, 0.25) is 0 Å². The maximum absolute atomic E-state index is 11.9. The van der Waals surface area contributed by atoms with Gasteiger partial charge in [-0.15, -0.1) is 0 Å². The fourth-order valence-electron chi connectivity index (χ4n) is 2.48. The number of unbranched alkanes of at least 4 members (excludes halogenated alkanes) is 6. The second-order valence-electron chi connectivity index (χ2n) is 5.76. The van der Waals surface area contributed by atoms with E-state index in [9.17, 15) is 4.79 Å². The predicted molar refractivity (Wildman–Crippen MR) is 77.7 cm³/mol. The van der Waals surface area contributed by atoms with Crippen molar-refractivity contribution in [2.75, 3.05) is 6.61 Å². The van der Waals surface area contributed by atoms with E-state index in [1.54, 1.807) is 0 Å². The Bertz CT molecular complexity index is 199. The van der Waals surface area contributed by atoms with E-state index in [-0.39, 0.29) is 17.8 Å². The van der Waals surface area contributed by atoms with Gasteiger partial charge < -0.3 is 5.11 Å². The molecule has 0 aliphatic carbocycles. The summed E-state index contributed by atoms with van der Waals surface area (Å²) in [6.45, 7) is 6.15. The van der Waals surface area contributed by atoms with Crippen LogP contribution in [0.25, 0.3) is 0 Å². The van der Waals surface area contributed by atoms with E-state index in [1.165, 1.54) is 38.5 Å². The zero-order chi connectivity index (χ0) is 13.9. The van der Waals surface area contributed by atoms with Crippen molar-refractivity contribution in [3.63, 3.8) is 0 Å². The summed E-state index contributed by atoms with van der Waals surface area (Å²) in [7, 11) is 0. The molecule has 18 heavy (non-hydrogen) atoms. The van der Waals surface area contributed by atoms with Crippen LogP contribution in [-0.4, -0.2) is 17.5 Å². The van der Waals surface area contributed by atoms with Gasteiger partial charge in [0.2, 0.25) is 0 Å². The Balaban J connectivity index is 4.12. The minimum absolute atomic E-state index is 0.0375. The highest BCUT2D eigenvalue weighted by Crippen LogP contribution is 2.32. The minimum Gasteiger partial charge on any atom is -0.389 e. The van der Waals surface area contributed by atoms with Crippen molar-refractivity contribution in [1.29, 1.82) is 0 Å². The molecule has 0 radical (unpaired) electrons. The van der Waals surface area contributed by atoms with Crippen LogP contribution in [0.3, 0.4) is 0 Å². The Labute approximate surface area is 113 Å². The lowest BCUT2D eigenvalue weighted by molar-refractivity contribution is -0.131. The van der Waals surface area contributed by atoms with Gasteiger partial charge in [0.25, 0.3) is 0 Å². The van der Waals surface area contributed by atoms with Gasteiger partial charge in [0.05, 0.1) is 0 Å². The van der Waals surface area contributed by atoms with Crippen molar-refractivity contribution in [2.45, 2.75) is 85.0 Å². The van der Waals surface area contributed by atoms with Crippen LogP contribution in [0.1, 0.15) is 85.0 Å². The molecule has 0 aliphatic rings. The molecule has 108 valence electrons. The Kier molecular flexibility index (Phi) is 10.3. The average molecular weight is 256 g/mol. The fourth-order valence-corrected chi connectivity index (χ4v) is 2.48. The van der Waals surface area contributed by atoms with Crippen molar-refractivity contribution < 1.29 is 9.90 Å². The number of aliphatic hydroxyl groups is 1. The van der Waals surface area contributed by atoms with E-state index in [2.05, 4.69) is 13.8 Å². The van der Waals surface area contributed by atoms with Crippen molar-refractivity contribution in [1.82, 2.24) is 0 Å². The third kappa shape index (κ3) is 7.15. The highest BCUT2D eigenvalue weighted by Gasteiger charge is 2.30. The number of rotatable bonds is 12. The molecule has 0 rings (SSSR count). The maximum Gasteiger partial charge on any atom is 0.164 e. The molecule has 0 atom stereocenters. The first-order chi connectivity index (χ1) is 8.60. The molecular weight excluding hydrogens is 224 g/mol. The summed E-state index contributed by atoms with van der Waals surface area (Å²) in [5.41, 5.74) is -0.282. The second-order valence-corrected chi connectivity index (χ2v) is 5.76. The van der Waals surface area contributed by atoms with Crippen LogP contribution >= 0.6 is 0 Å². The SMILES string of the molecule is CCCCCCC(C)(CCCCCC)C(=O)CO. The van der Waals surface area contributed by atoms with E-state index >= 15 is 0 Å². The highest BCUT2D eigenvalue weighted by atomic mass is 16.3. The Morgan fingerprint density at radius 2 is 1.33 bits per heavy atom. The molecule has 2 nitrogen and oxygen atoms in total. The molecule has 0 aromatic heterocycles. The summed E-state index contributed by atoms with van der Waals surface area (Å²) < 4.78 is 0. The molecule has 0 unspecified atom stereocenters. The monoisotopic (exact) mass is 256 g/mol. The smallest absolute Gasteiger partial charge is 0.164 e. The molecule has 0 saturated carbocycles. The van der Waals surface area contributed by atoms with Crippen molar-refractivity contribution >= 4 is 5.78 Å². The van der Waals surface area contributed by atoms with E-state index < -0.39 is 0 Å². The van der Waals surface area contributed by atoms with E-state index in [0.717, 1.165) is 25.7 Å². The number of carbonyl (C=O) groups excluding carboxylic acids is 1. The largest absolute Gasteiger partial charge is 0.389 e. The Morgan fingerprint density at radius 1 is 0.889 bits per heavy atom. The van der Waals surface area contributed by atoms with Crippen LogP contribution in [-0.2, 0) is 4.79 Å². The first kappa shape index (κ1) is 17.6. The lowest BCUT2D eigenvalue weighted by Crippen LogP contribution is -2.30. The number of ketones is 1. The second kappa shape index (κ2) is 10.5. The van der Waals surface area contributed by atoms with E-state index in [4.69, 9.17) is 5.11 Å². The molecular formula is C16H32O2. The van der Waals surface area contributed by atoms with Gasteiger partial charge in [-0.3, -0.25) is 4.79 Å². The predicted octanol–water partition coefficient (Wildman–Crippen LogP) is 4.49. The summed E-state index contributed by atoms with van der Waals surface area (Å²) >= 11 is 0. The number of hydrogen-bond donors (Lipinski definition) is 1. The van der Waals surface area contributed by atoms with Crippen LogP contribution < -0.4 is 0 Å². The van der Waals surface area contributed by atoms with Gasteiger partial charge in [-0.2, -0.15) is 0 Å². The van der Waals surface area contributed by atoms with Crippen LogP contribution in [0.5, 0.6) is 0 Å². The van der Waals surface area contributed by atoms with Gasteiger partial charge >= 0.3 is 0 Å². The Morgan fingerprint density at radius 3 is 1.67 bits per heavy atom. The van der Waals surface area contributed by atoms with E-state index in [1.807, 2.05) is 6.92 Å². The van der Waals surface area contributed by atoms with Gasteiger partial charge in [-0.1, -0.05) is 72.1 Å². The molecule has 0 heterocycles. The Hall–Kier alpha value is -0.370. The van der Waals surface area contributed by atoms with Gasteiger partial charge in [-0.05, 0) is 12.8 Å². The average Bonchev–Trinajstić information content (AvgIpc) is 2.39. The summed E-state index contributed by atoms with van der Waals surface area (Å²) in [4.78, 5) is 11.9. The summed E-state index contributed by atoms with van der Waals surface area (Å²) in [6.07, 6.45) is 11.5. The number of Topliss-reactive ketones (excluding diaryl/α,β-unsaturated/α-hetero) is 1. The number of carbonyl (C=O) groups is 1. The lowest BCUT2D eigenvalue weighted by Gasteiger charge is -2.27. The lowest BCUT2D eigenvalue weighted by atomic mass is 9.76. The minimum atomic E-state index is -0.294. The highest BCUT2D eigenvalue weighted by molar-refractivity contribution is 5.85. The van der Waals surface area contributed by atoms with Crippen molar-refractivity contribution in [3.8, 4) is 0 Å². The third-order valence-electron chi connectivity index (χ3n) is 3.98. The third-order valence-corrected chi connectivity index (χ3v) is 3.98. The van der Waals surface area contributed by atoms with Gasteiger partial charge in [0.1, 0.15) is 6.61 Å². The maximum atomic E-state index is 11.9. The molecule has 0 amide bonds. The molecule has 0 fully saturated rings. The van der Waals surface area contributed by atoms with Crippen LogP contribution in [0.15, 0.2) is 0 Å². The molecule has 0 saturated heterocycles. The molecule has 2 heteroatoms. The fraction of sp³-hybridized carbons (Fsp3) is 0.938. The van der Waals surface area contributed by atoms with Gasteiger partial charge in [-0.25, -0.2) is 0 Å². The quantitative estimate of drug-likeness (QED) is 0.522. The first-order valence-electron chi connectivity index (χ1n) is 7.75. The summed E-state index contributed by atoms with van der Waals surface area (Å²) in [6, 6.07) is 0. The van der Waals surface area contributed by atoms with Gasteiger partial charge in [0, 0.05) is 5.41 Å². The number of aliphatic hydroxyl groups excluding tert-OH is 1. The van der Waals surface area contributed by atoms with E-state index in [0.29, 0.717) is 0 Å². The summed E-state index contributed by atoms with van der Waals surface area (Å²) in [5.74, 6) is 0.0375. The van der Waals surface area contributed by atoms with Crippen LogP contribution in [0.4, 0.5) is 0 Å². The molecule has 0 bridgehead atoms. The topological polar surface area (TPSA) is 37.3 Å².